The van der Waals surface area contributed by atoms with E-state index < -0.39 is 0 Å². The lowest BCUT2D eigenvalue weighted by molar-refractivity contribution is 0.721. The van der Waals surface area contributed by atoms with Gasteiger partial charge in [-0.15, -0.1) is 0 Å². The van der Waals surface area contributed by atoms with Gasteiger partial charge in [-0.2, -0.15) is 0 Å². The van der Waals surface area contributed by atoms with Crippen LogP contribution in [0, 0.1) is 0 Å². The molecule has 136 valence electrons. The summed E-state index contributed by atoms with van der Waals surface area (Å²) in [6, 6.07) is 4.30. The highest BCUT2D eigenvalue weighted by molar-refractivity contribution is 5.75. The van der Waals surface area contributed by atoms with Crippen molar-refractivity contribution < 1.29 is 0 Å². The maximum Gasteiger partial charge on any atom is 0.158 e. The molecule has 0 spiro atoms. The first-order valence-corrected chi connectivity index (χ1v) is 9.65. The molecule has 3 nitrogen and oxygen atoms in total. The van der Waals surface area contributed by atoms with Gasteiger partial charge >= 0.3 is 0 Å². The minimum absolute atomic E-state index is 0.183. The second kappa shape index (κ2) is 8.09. The Hall–Kier alpha value is -3.07. The van der Waals surface area contributed by atoms with Crippen molar-refractivity contribution in [1.29, 1.82) is 0 Å². The van der Waals surface area contributed by atoms with E-state index in [0.717, 1.165) is 30.1 Å². The van der Waals surface area contributed by atoms with Gasteiger partial charge in [0.1, 0.15) is 0 Å². The molecule has 1 N–H and O–H groups in total. The minimum atomic E-state index is 0.183. The summed E-state index contributed by atoms with van der Waals surface area (Å²) in [7, 11) is 0. The summed E-state index contributed by atoms with van der Waals surface area (Å²) in [4.78, 5) is 8.39. The fourth-order valence-corrected chi connectivity index (χ4v) is 3.66. The van der Waals surface area contributed by atoms with Crippen LogP contribution < -0.4 is 0 Å². The Morgan fingerprint density at radius 1 is 1.19 bits per heavy atom. The third kappa shape index (κ3) is 3.59. The molecule has 0 amide bonds. The number of nitrogens with zero attached hydrogens (tertiary/aromatic N) is 2. The summed E-state index contributed by atoms with van der Waals surface area (Å²) in [6.07, 6.45) is 29.0. The maximum absolute atomic E-state index is 5.05. The number of aromatic nitrogens is 3. The first-order valence-electron chi connectivity index (χ1n) is 9.65. The van der Waals surface area contributed by atoms with Gasteiger partial charge in [0, 0.05) is 6.20 Å². The zero-order valence-electron chi connectivity index (χ0n) is 15.7. The van der Waals surface area contributed by atoms with Crippen LogP contribution in [0.5, 0.6) is 0 Å². The Morgan fingerprint density at radius 3 is 2.85 bits per heavy atom. The molecule has 0 bridgehead atoms. The molecule has 0 aromatic carbocycles. The molecule has 4 rings (SSSR count). The van der Waals surface area contributed by atoms with Crippen LogP contribution in [-0.4, -0.2) is 14.5 Å². The van der Waals surface area contributed by atoms with Crippen molar-refractivity contribution in [3.63, 3.8) is 0 Å². The number of hydrogen-bond donors (Lipinski definition) is 1. The highest BCUT2D eigenvalue weighted by Gasteiger charge is 2.24. The Labute approximate surface area is 160 Å². The first-order chi connectivity index (χ1) is 13.4. The zero-order valence-corrected chi connectivity index (χ0v) is 15.7. The summed E-state index contributed by atoms with van der Waals surface area (Å²) in [5.74, 6) is 0.977. The lowest BCUT2D eigenvalue weighted by atomic mass is 10.0. The van der Waals surface area contributed by atoms with Crippen molar-refractivity contribution >= 4 is 11.6 Å². The van der Waals surface area contributed by atoms with Gasteiger partial charge in [-0.3, -0.25) is 0 Å². The van der Waals surface area contributed by atoms with Crippen molar-refractivity contribution in [2.24, 2.45) is 0 Å². The number of allylic oxidation sites excluding steroid dienone is 11. The average molecular weight is 355 g/mol. The fourth-order valence-electron chi connectivity index (χ4n) is 3.66. The van der Waals surface area contributed by atoms with E-state index in [1.807, 2.05) is 31.3 Å². The average Bonchev–Trinajstić information content (AvgIpc) is 3.40. The van der Waals surface area contributed by atoms with Crippen LogP contribution in [0.15, 0.2) is 79.1 Å². The van der Waals surface area contributed by atoms with Crippen LogP contribution in [0.25, 0.3) is 23.2 Å². The summed E-state index contributed by atoms with van der Waals surface area (Å²) in [5.41, 5.74) is 4.63. The highest BCUT2D eigenvalue weighted by atomic mass is 15.1. The number of rotatable bonds is 5. The van der Waals surface area contributed by atoms with Gasteiger partial charge in [0.2, 0.25) is 0 Å². The van der Waals surface area contributed by atoms with E-state index in [0.29, 0.717) is 0 Å². The SMILES string of the molecule is CC=CC=Cc1nc(-c2ccc[nH]2)n(C2C=CC=C2)c1C1=CC=CCCC1. The summed E-state index contributed by atoms with van der Waals surface area (Å²) in [5, 5.41) is 0. The first kappa shape index (κ1) is 17.3. The molecule has 2 aromatic rings. The van der Waals surface area contributed by atoms with Gasteiger partial charge < -0.3 is 9.55 Å². The second-order valence-electron chi connectivity index (χ2n) is 6.78. The molecule has 2 heterocycles. The predicted octanol–water partition coefficient (Wildman–Crippen LogP) is 6.26. The zero-order chi connectivity index (χ0) is 18.5. The highest BCUT2D eigenvalue weighted by Crippen LogP contribution is 2.35. The quantitative estimate of drug-likeness (QED) is 0.631. The largest absolute Gasteiger partial charge is 0.359 e. The Bertz CT molecular complexity index is 948. The van der Waals surface area contributed by atoms with Gasteiger partial charge in [-0.05, 0) is 50.0 Å². The molecule has 2 aliphatic carbocycles. The van der Waals surface area contributed by atoms with Crippen molar-refractivity contribution in [3.8, 4) is 11.5 Å². The van der Waals surface area contributed by atoms with Gasteiger partial charge in [-0.25, -0.2) is 4.98 Å². The van der Waals surface area contributed by atoms with E-state index in [1.54, 1.807) is 0 Å². The molecule has 0 saturated heterocycles. The standard InChI is InChI=1S/C24H25N3/c1-2-3-6-16-21-23(19-12-7-4-5-8-13-19)27(20-14-9-10-15-20)24(26-21)22-17-11-18-25-22/h2-4,6-7,9-12,14-18,20,25H,5,8,13H2,1H3. The number of nitrogens with one attached hydrogen (secondary N) is 1. The Kier molecular flexibility index (Phi) is 5.20. The Balaban J connectivity index is 1.94. The topological polar surface area (TPSA) is 33.6 Å². The summed E-state index contributed by atoms with van der Waals surface area (Å²) in [6.45, 7) is 2.03. The van der Waals surface area contributed by atoms with Crippen LogP contribution >= 0.6 is 0 Å². The third-order valence-corrected chi connectivity index (χ3v) is 4.91. The molecule has 0 saturated carbocycles. The lowest BCUT2D eigenvalue weighted by Gasteiger charge is -2.18. The van der Waals surface area contributed by atoms with Crippen molar-refractivity contribution in [1.82, 2.24) is 14.5 Å². The summed E-state index contributed by atoms with van der Waals surface area (Å²) < 4.78 is 2.37. The molecule has 0 unspecified atom stereocenters. The van der Waals surface area contributed by atoms with E-state index in [4.69, 9.17) is 4.98 Å². The second-order valence-corrected chi connectivity index (χ2v) is 6.78. The monoisotopic (exact) mass is 355 g/mol. The van der Waals surface area contributed by atoms with Crippen LogP contribution in [0.2, 0.25) is 0 Å². The molecule has 2 aromatic heterocycles. The van der Waals surface area contributed by atoms with E-state index in [-0.39, 0.29) is 6.04 Å². The minimum Gasteiger partial charge on any atom is -0.359 e. The molecule has 0 radical (unpaired) electrons. The molecule has 2 aliphatic rings. The molecule has 27 heavy (non-hydrogen) atoms. The van der Waals surface area contributed by atoms with Crippen molar-refractivity contribution in [3.05, 3.63) is 90.5 Å². The van der Waals surface area contributed by atoms with Crippen LogP contribution in [0.3, 0.4) is 0 Å². The number of hydrogen-bond acceptors (Lipinski definition) is 1. The van der Waals surface area contributed by atoms with Crippen LogP contribution in [0.4, 0.5) is 0 Å². The third-order valence-electron chi connectivity index (χ3n) is 4.91. The molecular weight excluding hydrogens is 330 g/mol. The molecule has 0 atom stereocenters. The predicted molar refractivity (Wildman–Crippen MR) is 114 cm³/mol. The fraction of sp³-hybridized carbons (Fsp3) is 0.208. The van der Waals surface area contributed by atoms with Crippen LogP contribution in [-0.2, 0) is 0 Å². The van der Waals surface area contributed by atoms with Crippen molar-refractivity contribution in [2.75, 3.05) is 0 Å². The molecule has 0 aliphatic heterocycles. The Morgan fingerprint density at radius 2 is 2.07 bits per heavy atom. The van der Waals surface area contributed by atoms with Gasteiger partial charge in [0.25, 0.3) is 0 Å². The molecular formula is C24H25N3. The normalized spacial score (nSPS) is 17.4. The number of imidazole rings is 1. The molecule has 0 fully saturated rings. The number of H-pyrrole nitrogens is 1. The van der Waals surface area contributed by atoms with Crippen molar-refractivity contribution in [2.45, 2.75) is 32.2 Å². The van der Waals surface area contributed by atoms with E-state index in [1.165, 1.54) is 17.7 Å². The maximum atomic E-state index is 5.05. The van der Waals surface area contributed by atoms with E-state index >= 15 is 0 Å². The van der Waals surface area contributed by atoms with E-state index in [2.05, 4.69) is 70.3 Å². The van der Waals surface area contributed by atoms with Gasteiger partial charge in [0.05, 0.1) is 23.1 Å². The number of aromatic amines is 1. The lowest BCUT2D eigenvalue weighted by Crippen LogP contribution is -2.09. The smallest absolute Gasteiger partial charge is 0.158 e. The van der Waals surface area contributed by atoms with Gasteiger partial charge in [-0.1, -0.05) is 60.8 Å². The van der Waals surface area contributed by atoms with E-state index in [9.17, 15) is 0 Å². The molecule has 3 heteroatoms. The van der Waals surface area contributed by atoms with Crippen LogP contribution in [0.1, 0.15) is 43.6 Å². The summed E-state index contributed by atoms with van der Waals surface area (Å²) >= 11 is 0. The van der Waals surface area contributed by atoms with Gasteiger partial charge in [0.15, 0.2) is 5.82 Å².